The summed E-state index contributed by atoms with van der Waals surface area (Å²) in [5.74, 6) is 1.34. The van der Waals surface area contributed by atoms with Crippen LogP contribution in [0.25, 0.3) is 22.2 Å². The van der Waals surface area contributed by atoms with Crippen molar-refractivity contribution in [3.05, 3.63) is 36.8 Å². The van der Waals surface area contributed by atoms with Gasteiger partial charge in [-0.1, -0.05) is 12.1 Å². The number of anilines is 1. The highest BCUT2D eigenvalue weighted by Gasteiger charge is 2.26. The highest BCUT2D eigenvalue weighted by Crippen LogP contribution is 2.38. The number of aromatic nitrogens is 3. The molecule has 0 saturated heterocycles. The van der Waals surface area contributed by atoms with E-state index in [0.29, 0.717) is 11.9 Å². The van der Waals surface area contributed by atoms with Crippen LogP contribution in [0.2, 0.25) is 0 Å². The fourth-order valence-corrected chi connectivity index (χ4v) is 4.16. The van der Waals surface area contributed by atoms with Crippen LogP contribution in [-0.4, -0.2) is 33.6 Å². The second-order valence-electron chi connectivity index (χ2n) is 7.34. The number of carbonyl (C=O) groups is 1. The summed E-state index contributed by atoms with van der Waals surface area (Å²) in [6.45, 7) is 1.58. The zero-order chi connectivity index (χ0) is 19.7. The molecule has 146 valence electrons. The predicted octanol–water partition coefficient (Wildman–Crippen LogP) is 3.31. The third kappa shape index (κ3) is 3.40. The topological polar surface area (TPSA) is 95.1 Å². The Morgan fingerprint density at radius 3 is 2.54 bits per heavy atom. The van der Waals surface area contributed by atoms with Gasteiger partial charge in [-0.2, -0.15) is 0 Å². The molecule has 1 fully saturated rings. The van der Waals surface area contributed by atoms with Gasteiger partial charge in [0.2, 0.25) is 5.91 Å². The van der Waals surface area contributed by atoms with E-state index >= 15 is 0 Å². The molecule has 0 bridgehead atoms. The Bertz CT molecular complexity index is 988. The molecule has 7 nitrogen and oxygen atoms in total. The van der Waals surface area contributed by atoms with E-state index in [1.165, 1.54) is 6.33 Å². The lowest BCUT2D eigenvalue weighted by Crippen LogP contribution is -2.36. The van der Waals surface area contributed by atoms with Crippen LogP contribution in [0.3, 0.4) is 0 Å². The van der Waals surface area contributed by atoms with Crippen LogP contribution >= 0.6 is 0 Å². The Morgan fingerprint density at radius 2 is 1.89 bits per heavy atom. The van der Waals surface area contributed by atoms with Crippen molar-refractivity contribution >= 4 is 22.8 Å². The monoisotopic (exact) mass is 379 g/mol. The first-order valence-corrected chi connectivity index (χ1v) is 9.59. The molecule has 2 aromatic heterocycles. The molecule has 1 saturated carbocycles. The van der Waals surface area contributed by atoms with Gasteiger partial charge in [-0.3, -0.25) is 4.79 Å². The molecule has 1 aliphatic rings. The number of hydrogen-bond acceptors (Lipinski definition) is 5. The van der Waals surface area contributed by atoms with E-state index in [-0.39, 0.29) is 11.9 Å². The van der Waals surface area contributed by atoms with E-state index in [1.807, 2.05) is 24.3 Å². The van der Waals surface area contributed by atoms with Crippen molar-refractivity contribution in [3.63, 3.8) is 0 Å². The number of rotatable bonds is 4. The first-order chi connectivity index (χ1) is 13.6. The molecule has 1 aromatic carbocycles. The third-order valence-corrected chi connectivity index (χ3v) is 5.54. The maximum Gasteiger partial charge on any atom is 0.217 e. The Morgan fingerprint density at radius 1 is 1.18 bits per heavy atom. The molecule has 3 aromatic rings. The Hall–Kier alpha value is -3.09. The van der Waals surface area contributed by atoms with Crippen LogP contribution in [0.5, 0.6) is 5.75 Å². The number of nitrogens with two attached hydrogens (primary N) is 1. The van der Waals surface area contributed by atoms with E-state index < -0.39 is 0 Å². The van der Waals surface area contributed by atoms with Crippen molar-refractivity contribution in [2.45, 2.75) is 44.7 Å². The van der Waals surface area contributed by atoms with E-state index in [2.05, 4.69) is 26.0 Å². The lowest BCUT2D eigenvalue weighted by molar-refractivity contribution is -0.119. The second-order valence-corrected chi connectivity index (χ2v) is 7.34. The summed E-state index contributed by atoms with van der Waals surface area (Å²) >= 11 is 0. The van der Waals surface area contributed by atoms with Crippen molar-refractivity contribution in [1.82, 2.24) is 19.9 Å². The molecule has 3 N–H and O–H groups in total. The van der Waals surface area contributed by atoms with Crippen LogP contribution in [0, 0.1) is 0 Å². The largest absolute Gasteiger partial charge is 0.497 e. The lowest BCUT2D eigenvalue weighted by Gasteiger charge is -2.30. The van der Waals surface area contributed by atoms with Gasteiger partial charge in [0, 0.05) is 30.8 Å². The molecule has 1 amide bonds. The summed E-state index contributed by atoms with van der Waals surface area (Å²) < 4.78 is 7.50. The summed E-state index contributed by atoms with van der Waals surface area (Å²) in [6.07, 6.45) is 7.56. The number of benzene rings is 1. The molecule has 2 heterocycles. The highest BCUT2D eigenvalue weighted by molar-refractivity contribution is 6.00. The van der Waals surface area contributed by atoms with Gasteiger partial charge < -0.3 is 20.4 Å². The summed E-state index contributed by atoms with van der Waals surface area (Å²) in [5, 5.41) is 3.92. The molecule has 7 heteroatoms. The number of nitrogens with zero attached hydrogens (tertiary/aromatic N) is 3. The summed E-state index contributed by atoms with van der Waals surface area (Å²) in [5.41, 5.74) is 9.18. The first-order valence-electron chi connectivity index (χ1n) is 9.59. The fraction of sp³-hybridized carbons (Fsp3) is 0.381. The minimum Gasteiger partial charge on any atom is -0.497 e. The average Bonchev–Trinajstić information content (AvgIpc) is 3.09. The maximum atomic E-state index is 11.3. The number of carbonyl (C=O) groups excluding carboxylic acids is 1. The minimum absolute atomic E-state index is 0.0390. The maximum absolute atomic E-state index is 11.3. The standard InChI is InChI=1S/C21H25N5O2/c1-13(27)25-15-5-7-16(8-6-15)26-11-18(14-3-9-17(28-2)10-4-14)19-20(22)23-12-24-21(19)26/h3-4,9-12,15-16H,5-8H2,1-2H3,(H,25,27)(H2,22,23,24). The predicted molar refractivity (Wildman–Crippen MR) is 109 cm³/mol. The number of amides is 1. The van der Waals surface area contributed by atoms with Crippen LogP contribution in [0.4, 0.5) is 5.82 Å². The summed E-state index contributed by atoms with van der Waals surface area (Å²) in [4.78, 5) is 20.1. The Kier molecular flexibility index (Phi) is 4.90. The summed E-state index contributed by atoms with van der Waals surface area (Å²) in [6, 6.07) is 8.52. The summed E-state index contributed by atoms with van der Waals surface area (Å²) in [7, 11) is 1.66. The normalized spacial score (nSPS) is 19.5. The molecule has 0 aliphatic heterocycles. The molecule has 0 atom stereocenters. The van der Waals surface area contributed by atoms with E-state index in [0.717, 1.165) is 53.6 Å². The van der Waals surface area contributed by atoms with Crippen LogP contribution in [-0.2, 0) is 4.79 Å². The molecule has 0 spiro atoms. The molecular weight excluding hydrogens is 354 g/mol. The number of methoxy groups -OCH3 is 1. The van der Waals surface area contributed by atoms with Crippen molar-refractivity contribution in [3.8, 4) is 16.9 Å². The SMILES string of the molecule is COc1ccc(-c2cn(C3CCC(NC(C)=O)CC3)c3ncnc(N)c23)cc1. The van der Waals surface area contributed by atoms with Crippen LogP contribution in [0.15, 0.2) is 36.8 Å². The Balaban J connectivity index is 1.70. The van der Waals surface area contributed by atoms with Gasteiger partial charge >= 0.3 is 0 Å². The molecular formula is C21H25N5O2. The first kappa shape index (κ1) is 18.3. The quantitative estimate of drug-likeness (QED) is 0.725. The molecule has 1 aliphatic carbocycles. The smallest absolute Gasteiger partial charge is 0.217 e. The highest BCUT2D eigenvalue weighted by atomic mass is 16.5. The zero-order valence-electron chi connectivity index (χ0n) is 16.2. The van der Waals surface area contributed by atoms with Gasteiger partial charge in [-0.15, -0.1) is 0 Å². The van der Waals surface area contributed by atoms with Crippen molar-refractivity contribution in [1.29, 1.82) is 0 Å². The van der Waals surface area contributed by atoms with Gasteiger partial charge in [0.1, 0.15) is 23.5 Å². The molecule has 0 unspecified atom stereocenters. The third-order valence-electron chi connectivity index (χ3n) is 5.54. The fourth-order valence-electron chi connectivity index (χ4n) is 4.16. The Labute approximate surface area is 163 Å². The molecule has 0 radical (unpaired) electrons. The van der Waals surface area contributed by atoms with Crippen molar-refractivity contribution in [2.24, 2.45) is 0 Å². The van der Waals surface area contributed by atoms with Crippen molar-refractivity contribution < 1.29 is 9.53 Å². The van der Waals surface area contributed by atoms with Gasteiger partial charge in [0.15, 0.2) is 0 Å². The number of ether oxygens (including phenoxy) is 1. The zero-order valence-corrected chi connectivity index (χ0v) is 16.2. The average molecular weight is 379 g/mol. The van der Waals surface area contributed by atoms with E-state index in [9.17, 15) is 4.79 Å². The number of nitrogen functional groups attached to an aromatic ring is 1. The second kappa shape index (κ2) is 7.50. The van der Waals surface area contributed by atoms with Gasteiger partial charge in [-0.25, -0.2) is 9.97 Å². The van der Waals surface area contributed by atoms with Crippen molar-refractivity contribution in [2.75, 3.05) is 12.8 Å². The molecule has 28 heavy (non-hydrogen) atoms. The van der Waals surface area contributed by atoms with E-state index in [4.69, 9.17) is 10.5 Å². The molecule has 4 rings (SSSR count). The number of hydrogen-bond donors (Lipinski definition) is 2. The van der Waals surface area contributed by atoms with Gasteiger partial charge in [0.05, 0.1) is 12.5 Å². The van der Waals surface area contributed by atoms with Gasteiger partial charge in [-0.05, 0) is 43.4 Å². The lowest BCUT2D eigenvalue weighted by atomic mass is 9.91. The van der Waals surface area contributed by atoms with Crippen LogP contribution in [0.1, 0.15) is 38.6 Å². The number of fused-ring (bicyclic) bond motifs is 1. The van der Waals surface area contributed by atoms with Gasteiger partial charge in [0.25, 0.3) is 0 Å². The number of nitrogens with one attached hydrogen (secondary N) is 1. The van der Waals surface area contributed by atoms with Crippen LogP contribution < -0.4 is 15.8 Å². The van der Waals surface area contributed by atoms with E-state index in [1.54, 1.807) is 14.0 Å². The minimum atomic E-state index is 0.0390.